The number of rotatable bonds is 9. The number of carbonyl (C=O) groups is 1. The molecule has 7 nitrogen and oxygen atoms in total. The Kier molecular flexibility index (Phi) is 6.56. The Morgan fingerprint density at radius 3 is 2.80 bits per heavy atom. The van der Waals surface area contributed by atoms with Gasteiger partial charge < -0.3 is 24.1 Å². The Morgan fingerprint density at radius 1 is 1.13 bits per heavy atom. The Morgan fingerprint density at radius 2 is 1.97 bits per heavy atom. The van der Waals surface area contributed by atoms with Crippen molar-refractivity contribution in [3.63, 3.8) is 0 Å². The second-order valence-electron chi connectivity index (χ2n) is 6.69. The lowest BCUT2D eigenvalue weighted by atomic mass is 10.1. The Labute approximate surface area is 178 Å². The highest BCUT2D eigenvalue weighted by Crippen LogP contribution is 2.36. The summed E-state index contributed by atoms with van der Waals surface area (Å²) in [6.45, 7) is 0.953. The molecule has 1 aliphatic rings. The highest BCUT2D eigenvalue weighted by Gasteiger charge is 2.16. The van der Waals surface area contributed by atoms with Crippen LogP contribution in [0.3, 0.4) is 0 Å². The molecule has 0 bridgehead atoms. The van der Waals surface area contributed by atoms with Gasteiger partial charge in [-0.3, -0.25) is 4.79 Å². The summed E-state index contributed by atoms with van der Waals surface area (Å²) in [5, 5.41) is 6.86. The van der Waals surface area contributed by atoms with E-state index in [0.717, 1.165) is 12.0 Å². The van der Waals surface area contributed by atoms with Gasteiger partial charge in [0.2, 0.25) is 12.7 Å². The van der Waals surface area contributed by atoms with E-state index in [1.165, 1.54) is 10.5 Å². The molecule has 4 rings (SSSR count). The van der Waals surface area contributed by atoms with Crippen LogP contribution >= 0.6 is 11.8 Å². The number of hydrogen-bond acceptors (Lipinski definition) is 7. The molecule has 3 aromatic rings. The molecule has 0 saturated carbocycles. The first-order valence-electron chi connectivity index (χ1n) is 9.54. The molecule has 8 heteroatoms. The summed E-state index contributed by atoms with van der Waals surface area (Å²) in [5.41, 5.74) is 2.64. The maximum atomic E-state index is 11.9. The number of hydrogen-bond donors (Lipinski definition) is 1. The van der Waals surface area contributed by atoms with E-state index in [2.05, 4.69) is 34.7 Å². The summed E-state index contributed by atoms with van der Waals surface area (Å²) >= 11 is 1.71. The molecule has 2 aromatic carbocycles. The molecule has 0 aliphatic carbocycles. The predicted octanol–water partition coefficient (Wildman–Crippen LogP) is 3.67. The van der Waals surface area contributed by atoms with Gasteiger partial charge in [0.15, 0.2) is 17.3 Å². The highest BCUT2D eigenvalue weighted by atomic mass is 32.2. The molecule has 1 N–H and O–H groups in total. The van der Waals surface area contributed by atoms with Crippen molar-refractivity contribution in [3.8, 4) is 22.8 Å². The SMILES string of the molecule is CSc1ccc(CCNC(=O)COCc2cc(-c3ccc4c(c3)OCO4)on2)cc1. The summed E-state index contributed by atoms with van der Waals surface area (Å²) in [7, 11) is 0. The van der Waals surface area contributed by atoms with Gasteiger partial charge in [-0.1, -0.05) is 17.3 Å². The second-order valence-corrected chi connectivity index (χ2v) is 7.57. The van der Waals surface area contributed by atoms with Crippen LogP contribution in [0.5, 0.6) is 11.5 Å². The number of carbonyl (C=O) groups excluding carboxylic acids is 1. The average Bonchev–Trinajstić information content (AvgIpc) is 3.43. The Bertz CT molecular complexity index is 1000. The summed E-state index contributed by atoms with van der Waals surface area (Å²) in [4.78, 5) is 13.2. The third kappa shape index (κ3) is 5.14. The first-order chi connectivity index (χ1) is 14.7. The lowest BCUT2D eigenvalue weighted by Crippen LogP contribution is -2.29. The van der Waals surface area contributed by atoms with Gasteiger partial charge >= 0.3 is 0 Å². The van der Waals surface area contributed by atoms with Gasteiger partial charge in [0, 0.05) is 23.1 Å². The molecular weight excluding hydrogens is 404 g/mol. The summed E-state index contributed by atoms with van der Waals surface area (Å²) < 4.78 is 21.5. The molecule has 0 radical (unpaired) electrons. The van der Waals surface area contributed by atoms with E-state index < -0.39 is 0 Å². The topological polar surface area (TPSA) is 82.8 Å². The molecule has 0 atom stereocenters. The minimum absolute atomic E-state index is 0.0301. The molecule has 1 aromatic heterocycles. The van der Waals surface area contributed by atoms with Crippen molar-refractivity contribution in [2.75, 3.05) is 26.2 Å². The molecule has 0 unspecified atom stereocenters. The lowest BCUT2D eigenvalue weighted by molar-refractivity contribution is -0.126. The second kappa shape index (κ2) is 9.69. The van der Waals surface area contributed by atoms with Crippen LogP contribution in [-0.4, -0.2) is 37.3 Å². The smallest absolute Gasteiger partial charge is 0.246 e. The van der Waals surface area contributed by atoms with Crippen LogP contribution in [0.1, 0.15) is 11.3 Å². The highest BCUT2D eigenvalue weighted by molar-refractivity contribution is 7.98. The van der Waals surface area contributed by atoms with E-state index in [-0.39, 0.29) is 25.9 Å². The molecular formula is C22H22N2O5S. The number of nitrogens with zero attached hydrogens (tertiary/aromatic N) is 1. The zero-order chi connectivity index (χ0) is 20.8. The monoisotopic (exact) mass is 426 g/mol. The van der Waals surface area contributed by atoms with Gasteiger partial charge in [-0.05, 0) is 48.6 Å². The van der Waals surface area contributed by atoms with E-state index in [9.17, 15) is 4.79 Å². The fraction of sp³-hybridized carbons (Fsp3) is 0.273. The fourth-order valence-electron chi connectivity index (χ4n) is 3.00. The van der Waals surface area contributed by atoms with Crippen LogP contribution in [0, 0.1) is 0 Å². The average molecular weight is 426 g/mol. The van der Waals surface area contributed by atoms with E-state index >= 15 is 0 Å². The Balaban J connectivity index is 1.18. The van der Waals surface area contributed by atoms with Crippen molar-refractivity contribution in [1.82, 2.24) is 10.5 Å². The third-order valence-electron chi connectivity index (χ3n) is 4.59. The zero-order valence-electron chi connectivity index (χ0n) is 16.6. The van der Waals surface area contributed by atoms with E-state index in [4.69, 9.17) is 18.7 Å². The Hall–Kier alpha value is -2.97. The number of nitrogens with one attached hydrogen (secondary N) is 1. The van der Waals surface area contributed by atoms with Crippen LogP contribution in [-0.2, 0) is 22.6 Å². The molecule has 0 fully saturated rings. The first kappa shape index (κ1) is 20.3. The number of fused-ring (bicyclic) bond motifs is 1. The van der Waals surface area contributed by atoms with Gasteiger partial charge in [0.25, 0.3) is 0 Å². The summed E-state index contributed by atoms with van der Waals surface area (Å²) in [6, 6.07) is 15.7. The van der Waals surface area contributed by atoms with Crippen molar-refractivity contribution in [2.45, 2.75) is 17.9 Å². The van der Waals surface area contributed by atoms with Crippen molar-refractivity contribution in [1.29, 1.82) is 0 Å². The molecule has 0 spiro atoms. The van der Waals surface area contributed by atoms with Gasteiger partial charge in [-0.25, -0.2) is 0 Å². The number of benzene rings is 2. The first-order valence-corrected chi connectivity index (χ1v) is 10.8. The van der Waals surface area contributed by atoms with Crippen LogP contribution in [0.25, 0.3) is 11.3 Å². The van der Waals surface area contributed by atoms with E-state index in [0.29, 0.717) is 29.5 Å². The normalized spacial score (nSPS) is 12.2. The lowest BCUT2D eigenvalue weighted by Gasteiger charge is -2.06. The van der Waals surface area contributed by atoms with Crippen molar-refractivity contribution >= 4 is 17.7 Å². The van der Waals surface area contributed by atoms with Gasteiger partial charge in [0.1, 0.15) is 12.3 Å². The number of aromatic nitrogens is 1. The predicted molar refractivity (Wildman–Crippen MR) is 113 cm³/mol. The number of ether oxygens (including phenoxy) is 3. The maximum absolute atomic E-state index is 11.9. The van der Waals surface area contributed by atoms with Crippen molar-refractivity contribution in [3.05, 3.63) is 59.8 Å². The number of thioether (sulfide) groups is 1. The quantitative estimate of drug-likeness (QED) is 0.523. The van der Waals surface area contributed by atoms with Gasteiger partial charge in [0.05, 0.1) is 6.61 Å². The van der Waals surface area contributed by atoms with Crippen LogP contribution in [0.2, 0.25) is 0 Å². The number of amides is 1. The molecule has 0 saturated heterocycles. The summed E-state index contributed by atoms with van der Waals surface area (Å²) in [5.74, 6) is 1.84. The minimum Gasteiger partial charge on any atom is -0.454 e. The largest absolute Gasteiger partial charge is 0.454 e. The minimum atomic E-state index is -0.157. The molecule has 2 heterocycles. The maximum Gasteiger partial charge on any atom is 0.246 e. The molecule has 1 amide bonds. The van der Waals surface area contributed by atoms with E-state index in [1.807, 2.05) is 24.5 Å². The third-order valence-corrected chi connectivity index (χ3v) is 5.34. The molecule has 1 aliphatic heterocycles. The van der Waals surface area contributed by atoms with Crippen LogP contribution < -0.4 is 14.8 Å². The van der Waals surface area contributed by atoms with Crippen LogP contribution in [0.4, 0.5) is 0 Å². The standard InChI is InChI=1S/C22H22N2O5S/c1-30-18-5-2-15(3-6-18)8-9-23-22(25)13-26-12-17-11-20(29-24-17)16-4-7-19-21(10-16)28-14-27-19/h2-7,10-11H,8-9,12-14H2,1H3,(H,23,25). The van der Waals surface area contributed by atoms with Crippen molar-refractivity contribution < 1.29 is 23.5 Å². The van der Waals surface area contributed by atoms with Gasteiger partial charge in [-0.15, -0.1) is 11.8 Å². The van der Waals surface area contributed by atoms with Crippen molar-refractivity contribution in [2.24, 2.45) is 0 Å². The van der Waals surface area contributed by atoms with Gasteiger partial charge in [-0.2, -0.15) is 0 Å². The van der Waals surface area contributed by atoms with E-state index in [1.54, 1.807) is 17.8 Å². The summed E-state index contributed by atoms with van der Waals surface area (Å²) in [6.07, 6.45) is 2.83. The van der Waals surface area contributed by atoms with Crippen LogP contribution in [0.15, 0.2) is 57.9 Å². The fourth-order valence-corrected chi connectivity index (χ4v) is 3.41. The molecule has 156 valence electrons. The molecule has 30 heavy (non-hydrogen) atoms. The zero-order valence-corrected chi connectivity index (χ0v) is 17.4.